The molecule has 0 saturated heterocycles. The number of ether oxygens (including phenoxy) is 1. The Morgan fingerprint density at radius 2 is 1.31 bits per heavy atom. The molecule has 158 valence electrons. The molecule has 5 nitrogen and oxygen atoms in total. The Morgan fingerprint density at radius 3 is 1.93 bits per heavy atom. The Kier molecular flexibility index (Phi) is 11.9. The lowest BCUT2D eigenvalue weighted by atomic mass is 9.92. The maximum atomic E-state index is 12.1. The lowest BCUT2D eigenvalue weighted by Gasteiger charge is -2.13. The Morgan fingerprint density at radius 1 is 0.793 bits per heavy atom. The highest BCUT2D eigenvalue weighted by Crippen LogP contribution is 2.29. The number of unbranched alkanes of at least 4 members (excludes halogenated alkanes) is 6. The molecule has 0 aliphatic heterocycles. The van der Waals surface area contributed by atoms with Gasteiger partial charge in [0.15, 0.2) is 0 Å². The van der Waals surface area contributed by atoms with E-state index < -0.39 is 6.16 Å². The predicted molar refractivity (Wildman–Crippen MR) is 116 cm³/mol. The largest absolute Gasteiger partial charge is 0.503 e. The van der Waals surface area contributed by atoms with Crippen molar-refractivity contribution in [1.82, 2.24) is 0 Å². The number of carbonyl (C=O) groups is 2. The van der Waals surface area contributed by atoms with Gasteiger partial charge in [-0.15, -0.1) is 0 Å². The molecule has 0 fully saturated rings. The van der Waals surface area contributed by atoms with E-state index in [9.17, 15) is 4.79 Å². The Labute approximate surface area is 173 Å². The Hall–Kier alpha value is -2.82. The van der Waals surface area contributed by atoms with Gasteiger partial charge in [-0.3, -0.25) is 0 Å². The Balaban J connectivity index is 0.000000960. The van der Waals surface area contributed by atoms with Crippen molar-refractivity contribution in [3.8, 4) is 11.1 Å². The van der Waals surface area contributed by atoms with E-state index in [-0.39, 0.29) is 5.97 Å². The first-order valence-corrected chi connectivity index (χ1v) is 10.2. The number of rotatable bonds is 10. The average Bonchev–Trinajstić information content (AvgIpc) is 2.72. The van der Waals surface area contributed by atoms with Crippen LogP contribution in [0.1, 0.15) is 67.8 Å². The monoisotopic (exact) mass is 400 g/mol. The number of carbonyl (C=O) groups excluding carboxylic acids is 1. The van der Waals surface area contributed by atoms with E-state index >= 15 is 0 Å². The molecule has 0 aliphatic carbocycles. The summed E-state index contributed by atoms with van der Waals surface area (Å²) in [4.78, 5) is 20.6. The van der Waals surface area contributed by atoms with Gasteiger partial charge in [-0.25, -0.2) is 9.59 Å². The quantitative estimate of drug-likeness (QED) is 0.344. The third-order valence-corrected chi connectivity index (χ3v) is 4.69. The topological polar surface area (TPSA) is 83.8 Å². The summed E-state index contributed by atoms with van der Waals surface area (Å²) in [6, 6.07) is 16.1. The lowest BCUT2D eigenvalue weighted by Crippen LogP contribution is -2.04. The smallest absolute Gasteiger partial charge is 0.465 e. The van der Waals surface area contributed by atoms with Crippen molar-refractivity contribution in [3.05, 3.63) is 59.7 Å². The maximum Gasteiger partial charge on any atom is 0.503 e. The summed E-state index contributed by atoms with van der Waals surface area (Å²) in [5.41, 5.74) is 4.06. The molecular formula is C24H32O5. The lowest BCUT2D eigenvalue weighted by molar-refractivity contribution is 0.0601. The fourth-order valence-corrected chi connectivity index (χ4v) is 3.28. The van der Waals surface area contributed by atoms with Crippen LogP contribution in [-0.4, -0.2) is 29.4 Å². The van der Waals surface area contributed by atoms with Crippen LogP contribution < -0.4 is 0 Å². The summed E-state index contributed by atoms with van der Waals surface area (Å²) in [5.74, 6) is -0.277. The van der Waals surface area contributed by atoms with Gasteiger partial charge in [0, 0.05) is 0 Å². The van der Waals surface area contributed by atoms with Gasteiger partial charge in [-0.1, -0.05) is 87.9 Å². The fourth-order valence-electron chi connectivity index (χ4n) is 3.28. The maximum absolute atomic E-state index is 12.1. The molecule has 29 heavy (non-hydrogen) atoms. The first kappa shape index (κ1) is 24.2. The minimum atomic E-state index is -1.83. The van der Waals surface area contributed by atoms with Crippen LogP contribution in [0.5, 0.6) is 0 Å². The molecule has 2 N–H and O–H groups in total. The number of methoxy groups -OCH3 is 1. The van der Waals surface area contributed by atoms with E-state index in [1.54, 1.807) is 0 Å². The zero-order valence-electron chi connectivity index (χ0n) is 17.4. The van der Waals surface area contributed by atoms with Gasteiger partial charge in [-0.05, 0) is 35.6 Å². The van der Waals surface area contributed by atoms with Crippen molar-refractivity contribution >= 4 is 12.1 Å². The SMILES string of the molecule is CCCCCCCCCc1ccccc1-c1ccccc1C(=O)OC.O=C(O)O. The number of esters is 1. The second-order valence-corrected chi connectivity index (χ2v) is 6.85. The number of benzene rings is 2. The summed E-state index contributed by atoms with van der Waals surface area (Å²) < 4.78 is 4.94. The minimum Gasteiger partial charge on any atom is -0.465 e. The molecule has 5 heteroatoms. The van der Waals surface area contributed by atoms with E-state index in [1.807, 2.05) is 30.3 Å². The molecule has 2 rings (SSSR count). The van der Waals surface area contributed by atoms with Crippen LogP contribution >= 0.6 is 0 Å². The second-order valence-electron chi connectivity index (χ2n) is 6.85. The molecule has 0 aromatic heterocycles. The molecule has 0 amide bonds. The molecule has 0 atom stereocenters. The van der Waals surface area contributed by atoms with Crippen LogP contribution in [0.15, 0.2) is 48.5 Å². The van der Waals surface area contributed by atoms with Gasteiger partial charge < -0.3 is 14.9 Å². The van der Waals surface area contributed by atoms with Crippen LogP contribution in [0.2, 0.25) is 0 Å². The van der Waals surface area contributed by atoms with E-state index in [4.69, 9.17) is 19.7 Å². The third-order valence-electron chi connectivity index (χ3n) is 4.69. The summed E-state index contributed by atoms with van der Waals surface area (Å²) in [6.45, 7) is 2.25. The highest BCUT2D eigenvalue weighted by Gasteiger charge is 2.14. The van der Waals surface area contributed by atoms with Crippen molar-refractivity contribution in [2.75, 3.05) is 7.11 Å². The summed E-state index contributed by atoms with van der Waals surface area (Å²) in [6.07, 6.45) is 8.38. The zero-order chi connectivity index (χ0) is 21.5. The summed E-state index contributed by atoms with van der Waals surface area (Å²) in [5, 5.41) is 13.9. The Bertz CT molecular complexity index is 750. The highest BCUT2D eigenvalue weighted by atomic mass is 16.6. The molecule has 0 radical (unpaired) electrons. The second kappa shape index (κ2) is 14.2. The van der Waals surface area contributed by atoms with Crippen molar-refractivity contribution in [1.29, 1.82) is 0 Å². The standard InChI is InChI=1S/C23H30O2.CH2O3/c1-3-4-5-6-7-8-9-14-19-15-10-11-16-20(19)21-17-12-13-18-22(21)23(24)25-2;2-1(3)4/h10-13,15-18H,3-9,14H2,1-2H3;(H2,2,3,4). The first-order valence-electron chi connectivity index (χ1n) is 10.2. The molecule has 0 unspecified atom stereocenters. The zero-order valence-corrected chi connectivity index (χ0v) is 17.4. The number of carboxylic acid groups (broad SMARTS) is 2. The van der Waals surface area contributed by atoms with Gasteiger partial charge in [0.1, 0.15) is 0 Å². The molecular weight excluding hydrogens is 368 g/mol. The number of aryl methyl sites for hydroxylation is 1. The molecule has 0 heterocycles. The molecule has 0 aliphatic rings. The number of hydrogen-bond acceptors (Lipinski definition) is 3. The van der Waals surface area contributed by atoms with Crippen LogP contribution in [0.25, 0.3) is 11.1 Å². The van der Waals surface area contributed by atoms with Crippen LogP contribution in [0.3, 0.4) is 0 Å². The van der Waals surface area contributed by atoms with Crippen molar-refractivity contribution in [2.24, 2.45) is 0 Å². The van der Waals surface area contributed by atoms with Crippen molar-refractivity contribution in [3.63, 3.8) is 0 Å². The predicted octanol–water partition coefficient (Wildman–Crippen LogP) is 6.66. The minimum absolute atomic E-state index is 0.277. The highest BCUT2D eigenvalue weighted by molar-refractivity contribution is 5.97. The van der Waals surface area contributed by atoms with E-state index in [0.717, 1.165) is 17.5 Å². The normalized spacial score (nSPS) is 10.0. The van der Waals surface area contributed by atoms with E-state index in [0.29, 0.717) is 5.56 Å². The van der Waals surface area contributed by atoms with Gasteiger partial charge in [0.05, 0.1) is 12.7 Å². The van der Waals surface area contributed by atoms with Gasteiger partial charge in [0.25, 0.3) is 0 Å². The molecule has 2 aromatic rings. The summed E-state index contributed by atoms with van der Waals surface area (Å²) in [7, 11) is 1.43. The number of hydrogen-bond donors (Lipinski definition) is 2. The van der Waals surface area contributed by atoms with Crippen molar-refractivity contribution in [2.45, 2.75) is 58.3 Å². The molecule has 0 saturated carbocycles. The fraction of sp³-hybridized carbons (Fsp3) is 0.417. The first-order chi connectivity index (χ1) is 14.0. The molecule has 0 bridgehead atoms. The van der Waals surface area contributed by atoms with Gasteiger partial charge in [-0.2, -0.15) is 0 Å². The van der Waals surface area contributed by atoms with Gasteiger partial charge >= 0.3 is 12.1 Å². The van der Waals surface area contributed by atoms with Crippen LogP contribution in [0.4, 0.5) is 4.79 Å². The average molecular weight is 401 g/mol. The van der Waals surface area contributed by atoms with Crippen molar-refractivity contribution < 1.29 is 24.5 Å². The molecule has 0 spiro atoms. The van der Waals surface area contributed by atoms with Crippen LogP contribution in [-0.2, 0) is 11.2 Å². The van der Waals surface area contributed by atoms with Gasteiger partial charge in [0.2, 0.25) is 0 Å². The van der Waals surface area contributed by atoms with E-state index in [1.165, 1.54) is 57.6 Å². The van der Waals surface area contributed by atoms with E-state index in [2.05, 4.69) is 25.1 Å². The molecule has 2 aromatic carbocycles. The van der Waals surface area contributed by atoms with Crippen LogP contribution in [0, 0.1) is 0 Å². The third kappa shape index (κ3) is 9.28. The summed E-state index contributed by atoms with van der Waals surface area (Å²) >= 11 is 0.